The summed E-state index contributed by atoms with van der Waals surface area (Å²) < 4.78 is 4.57. The second-order valence-electron chi connectivity index (χ2n) is 3.54. The van der Waals surface area contributed by atoms with E-state index in [4.69, 9.17) is 17.3 Å². The van der Waals surface area contributed by atoms with Crippen molar-refractivity contribution in [3.63, 3.8) is 0 Å². The Bertz CT molecular complexity index is 349. The largest absolute Gasteiger partial charge is 0.469 e. The maximum Gasteiger partial charge on any atom is 0.307 e. The van der Waals surface area contributed by atoms with Crippen LogP contribution in [-0.4, -0.2) is 18.1 Å². The molecule has 0 aromatic carbocycles. The highest BCUT2D eigenvalue weighted by Gasteiger charge is 2.25. The van der Waals surface area contributed by atoms with Gasteiger partial charge in [0.25, 0.3) is 0 Å². The van der Waals surface area contributed by atoms with Crippen molar-refractivity contribution < 1.29 is 9.53 Å². The van der Waals surface area contributed by atoms with Gasteiger partial charge in [0.2, 0.25) is 0 Å². The van der Waals surface area contributed by atoms with E-state index >= 15 is 0 Å². The Balaban J connectivity index is 2.85. The van der Waals surface area contributed by atoms with Gasteiger partial charge < -0.3 is 10.5 Å². The van der Waals surface area contributed by atoms with E-state index < -0.39 is 5.54 Å². The molecular formula is C10H13ClN2O2. The van der Waals surface area contributed by atoms with E-state index in [9.17, 15) is 4.79 Å². The van der Waals surface area contributed by atoms with Crippen molar-refractivity contribution in [2.24, 2.45) is 5.73 Å². The normalized spacial score (nSPS) is 14.4. The third-order valence-corrected chi connectivity index (χ3v) is 2.35. The molecule has 0 aliphatic carbocycles. The SMILES string of the molecule is COC(=O)C[C@](C)(N)c1ccc(Cl)nc1. The van der Waals surface area contributed by atoms with E-state index in [0.29, 0.717) is 5.15 Å². The van der Waals surface area contributed by atoms with Gasteiger partial charge >= 0.3 is 5.97 Å². The van der Waals surface area contributed by atoms with Gasteiger partial charge in [-0.2, -0.15) is 0 Å². The van der Waals surface area contributed by atoms with E-state index in [2.05, 4.69) is 9.72 Å². The highest BCUT2D eigenvalue weighted by atomic mass is 35.5. The third-order valence-electron chi connectivity index (χ3n) is 2.13. The molecule has 0 amide bonds. The third kappa shape index (κ3) is 3.18. The Morgan fingerprint density at radius 1 is 1.67 bits per heavy atom. The molecule has 0 aliphatic heterocycles. The Kier molecular flexibility index (Phi) is 3.66. The Labute approximate surface area is 93.4 Å². The lowest BCUT2D eigenvalue weighted by molar-refractivity contribution is -0.141. The van der Waals surface area contributed by atoms with E-state index in [1.54, 1.807) is 25.3 Å². The van der Waals surface area contributed by atoms with Crippen molar-refractivity contribution in [1.29, 1.82) is 0 Å². The molecule has 1 atom stereocenters. The van der Waals surface area contributed by atoms with Crippen molar-refractivity contribution in [1.82, 2.24) is 4.98 Å². The van der Waals surface area contributed by atoms with Gasteiger partial charge in [0, 0.05) is 6.20 Å². The second-order valence-corrected chi connectivity index (χ2v) is 3.93. The zero-order valence-electron chi connectivity index (χ0n) is 8.66. The predicted octanol–water partition coefficient (Wildman–Crippen LogP) is 1.47. The van der Waals surface area contributed by atoms with Crippen molar-refractivity contribution in [3.05, 3.63) is 29.0 Å². The van der Waals surface area contributed by atoms with Crippen LogP contribution in [0.2, 0.25) is 5.15 Å². The van der Waals surface area contributed by atoms with Crippen molar-refractivity contribution in [3.8, 4) is 0 Å². The average molecular weight is 229 g/mol. The number of nitrogens with two attached hydrogens (primary N) is 1. The van der Waals surface area contributed by atoms with Crippen LogP contribution < -0.4 is 5.73 Å². The number of nitrogens with zero attached hydrogens (tertiary/aromatic N) is 1. The van der Waals surface area contributed by atoms with Crippen LogP contribution in [0.5, 0.6) is 0 Å². The number of hydrogen-bond acceptors (Lipinski definition) is 4. The van der Waals surface area contributed by atoms with Gasteiger partial charge in [-0.1, -0.05) is 17.7 Å². The van der Waals surface area contributed by atoms with Crippen LogP contribution >= 0.6 is 11.6 Å². The van der Waals surface area contributed by atoms with E-state index in [0.717, 1.165) is 5.56 Å². The monoisotopic (exact) mass is 228 g/mol. The first-order chi connectivity index (χ1) is 6.95. The smallest absolute Gasteiger partial charge is 0.307 e. The summed E-state index contributed by atoms with van der Waals surface area (Å²) in [5.41, 5.74) is 5.94. The molecule has 0 fully saturated rings. The molecule has 1 rings (SSSR count). The first kappa shape index (κ1) is 11.9. The van der Waals surface area contributed by atoms with Crippen LogP contribution in [0, 0.1) is 0 Å². The van der Waals surface area contributed by atoms with Crippen LogP contribution in [-0.2, 0) is 15.1 Å². The van der Waals surface area contributed by atoms with Crippen molar-refractivity contribution >= 4 is 17.6 Å². The van der Waals surface area contributed by atoms with Gasteiger partial charge in [-0.25, -0.2) is 4.98 Å². The maximum atomic E-state index is 11.1. The molecule has 5 heteroatoms. The summed E-state index contributed by atoms with van der Waals surface area (Å²) in [4.78, 5) is 15.0. The summed E-state index contributed by atoms with van der Waals surface area (Å²) in [6.07, 6.45) is 1.66. The number of ether oxygens (including phenoxy) is 1. The topological polar surface area (TPSA) is 65.2 Å². The van der Waals surface area contributed by atoms with Crippen LogP contribution in [0.25, 0.3) is 0 Å². The Hall–Kier alpha value is -1.13. The minimum atomic E-state index is -0.787. The van der Waals surface area contributed by atoms with Crippen LogP contribution in [0.3, 0.4) is 0 Å². The Morgan fingerprint density at radius 3 is 2.80 bits per heavy atom. The zero-order chi connectivity index (χ0) is 11.5. The molecule has 0 aliphatic rings. The van der Waals surface area contributed by atoms with E-state index in [1.807, 2.05) is 0 Å². The molecule has 15 heavy (non-hydrogen) atoms. The van der Waals surface area contributed by atoms with Gasteiger partial charge in [0.1, 0.15) is 5.15 Å². The minimum absolute atomic E-state index is 0.104. The first-order valence-electron chi connectivity index (χ1n) is 4.43. The molecule has 2 N–H and O–H groups in total. The summed E-state index contributed by atoms with van der Waals surface area (Å²) in [5, 5.41) is 0.396. The molecule has 0 unspecified atom stereocenters. The van der Waals surface area contributed by atoms with Gasteiger partial charge in [-0.3, -0.25) is 4.79 Å². The number of carbonyl (C=O) groups is 1. The number of halogens is 1. The molecule has 0 bridgehead atoms. The van der Waals surface area contributed by atoms with Crippen LogP contribution in [0.4, 0.5) is 0 Å². The van der Waals surface area contributed by atoms with E-state index in [-0.39, 0.29) is 12.4 Å². The highest BCUT2D eigenvalue weighted by molar-refractivity contribution is 6.29. The fraction of sp³-hybridized carbons (Fsp3) is 0.400. The van der Waals surface area contributed by atoms with Gasteiger partial charge in [0.15, 0.2) is 0 Å². The molecule has 1 aromatic rings. The lowest BCUT2D eigenvalue weighted by atomic mass is 9.91. The standard InChI is InChI=1S/C10H13ClN2O2/c1-10(12,5-9(14)15-2)7-3-4-8(11)13-6-7/h3-4,6H,5,12H2,1-2H3/t10-/m0/s1. The number of esters is 1. The van der Waals surface area contributed by atoms with Gasteiger partial charge in [0.05, 0.1) is 19.1 Å². The summed E-state index contributed by atoms with van der Waals surface area (Å²) in [5.74, 6) is -0.352. The lowest BCUT2D eigenvalue weighted by Crippen LogP contribution is -2.36. The molecule has 0 saturated heterocycles. The molecule has 0 radical (unpaired) electrons. The molecule has 0 spiro atoms. The lowest BCUT2D eigenvalue weighted by Gasteiger charge is -2.23. The van der Waals surface area contributed by atoms with Gasteiger partial charge in [-0.05, 0) is 18.6 Å². The maximum absolute atomic E-state index is 11.1. The van der Waals surface area contributed by atoms with Crippen molar-refractivity contribution in [2.75, 3.05) is 7.11 Å². The number of pyridine rings is 1. The fourth-order valence-electron chi connectivity index (χ4n) is 1.19. The minimum Gasteiger partial charge on any atom is -0.469 e. The summed E-state index contributed by atoms with van der Waals surface area (Å²) >= 11 is 5.65. The Morgan fingerprint density at radius 2 is 2.33 bits per heavy atom. The van der Waals surface area contributed by atoms with Crippen molar-refractivity contribution in [2.45, 2.75) is 18.9 Å². The average Bonchev–Trinajstić information content (AvgIpc) is 2.17. The molecule has 82 valence electrons. The van der Waals surface area contributed by atoms with Gasteiger partial charge in [-0.15, -0.1) is 0 Å². The quantitative estimate of drug-likeness (QED) is 0.629. The molecular weight excluding hydrogens is 216 g/mol. The predicted molar refractivity (Wildman–Crippen MR) is 57.4 cm³/mol. The molecule has 4 nitrogen and oxygen atoms in total. The number of aromatic nitrogens is 1. The summed E-state index contributed by atoms with van der Waals surface area (Å²) in [6, 6.07) is 3.39. The summed E-state index contributed by atoms with van der Waals surface area (Å²) in [6.45, 7) is 1.74. The number of carbonyl (C=O) groups excluding carboxylic acids is 1. The van der Waals surface area contributed by atoms with Crippen LogP contribution in [0.15, 0.2) is 18.3 Å². The highest BCUT2D eigenvalue weighted by Crippen LogP contribution is 2.22. The van der Waals surface area contributed by atoms with Crippen LogP contribution in [0.1, 0.15) is 18.9 Å². The second kappa shape index (κ2) is 4.59. The molecule has 1 heterocycles. The zero-order valence-corrected chi connectivity index (χ0v) is 9.41. The van der Waals surface area contributed by atoms with E-state index in [1.165, 1.54) is 7.11 Å². The summed E-state index contributed by atoms with van der Waals surface area (Å²) in [7, 11) is 1.33. The number of rotatable bonds is 3. The molecule has 0 saturated carbocycles. The number of hydrogen-bond donors (Lipinski definition) is 1. The number of methoxy groups -OCH3 is 1. The first-order valence-corrected chi connectivity index (χ1v) is 4.81. The molecule has 1 aromatic heterocycles. The fourth-order valence-corrected chi connectivity index (χ4v) is 1.30.